The summed E-state index contributed by atoms with van der Waals surface area (Å²) in [7, 11) is -3.19. The van der Waals surface area contributed by atoms with E-state index in [2.05, 4.69) is 4.98 Å². The molecule has 6 heteroatoms. The van der Waals surface area contributed by atoms with Gasteiger partial charge in [0.1, 0.15) is 5.15 Å². The second-order valence-electron chi connectivity index (χ2n) is 2.21. The van der Waals surface area contributed by atoms with Gasteiger partial charge in [-0.1, -0.05) is 11.6 Å². The van der Waals surface area contributed by atoms with Crippen LogP contribution in [0.4, 0.5) is 0 Å². The van der Waals surface area contributed by atoms with Crippen molar-refractivity contribution in [3.8, 4) is 0 Å². The van der Waals surface area contributed by atoms with Gasteiger partial charge < -0.3 is 0 Å². The molecule has 0 aliphatic heterocycles. The van der Waals surface area contributed by atoms with Crippen LogP contribution in [0, 0.1) is 3.57 Å². The average molecular weight is 318 g/mol. The van der Waals surface area contributed by atoms with E-state index in [0.717, 1.165) is 6.26 Å². The average Bonchev–Trinajstić information content (AvgIpc) is 1.92. The van der Waals surface area contributed by atoms with Crippen LogP contribution in [-0.4, -0.2) is 19.7 Å². The molecule has 1 aromatic rings. The van der Waals surface area contributed by atoms with Crippen molar-refractivity contribution in [2.45, 2.75) is 4.90 Å². The minimum Gasteiger partial charge on any atom is -0.243 e. The number of aromatic nitrogens is 1. The largest absolute Gasteiger partial charge is 0.243 e. The molecule has 66 valence electrons. The summed E-state index contributed by atoms with van der Waals surface area (Å²) in [5.74, 6) is 0. The molecule has 0 aromatic carbocycles. The quantitative estimate of drug-likeness (QED) is 0.585. The van der Waals surface area contributed by atoms with Crippen molar-refractivity contribution in [1.82, 2.24) is 4.98 Å². The second-order valence-corrected chi connectivity index (χ2v) is 5.74. The molecule has 1 aromatic heterocycles. The van der Waals surface area contributed by atoms with E-state index in [1.165, 1.54) is 12.3 Å². The van der Waals surface area contributed by atoms with Gasteiger partial charge in [0.05, 0.1) is 8.47 Å². The molecule has 0 bridgehead atoms. The van der Waals surface area contributed by atoms with E-state index < -0.39 is 9.84 Å². The van der Waals surface area contributed by atoms with Crippen molar-refractivity contribution in [3.05, 3.63) is 21.0 Å². The highest BCUT2D eigenvalue weighted by atomic mass is 127. The van der Waals surface area contributed by atoms with Crippen molar-refractivity contribution in [2.24, 2.45) is 0 Å². The van der Waals surface area contributed by atoms with Crippen LogP contribution < -0.4 is 0 Å². The molecule has 0 N–H and O–H groups in total. The van der Waals surface area contributed by atoms with E-state index in [4.69, 9.17) is 11.6 Å². The van der Waals surface area contributed by atoms with E-state index in [-0.39, 0.29) is 10.0 Å². The first kappa shape index (κ1) is 10.2. The molecule has 1 rings (SSSR count). The third kappa shape index (κ3) is 2.30. The Balaban J connectivity index is 3.43. The summed E-state index contributed by atoms with van der Waals surface area (Å²) < 4.78 is 22.8. The van der Waals surface area contributed by atoms with Gasteiger partial charge in [0.25, 0.3) is 0 Å². The first-order valence-corrected chi connectivity index (χ1v) is 6.27. The molecule has 0 saturated carbocycles. The summed E-state index contributed by atoms with van der Waals surface area (Å²) in [6.07, 6.45) is 2.57. The van der Waals surface area contributed by atoms with Crippen LogP contribution in [0.2, 0.25) is 5.15 Å². The maximum Gasteiger partial charge on any atom is 0.176 e. The van der Waals surface area contributed by atoms with Crippen molar-refractivity contribution >= 4 is 44.0 Å². The summed E-state index contributed by atoms with van der Waals surface area (Å²) in [5.41, 5.74) is 0. The highest BCUT2D eigenvalue weighted by Gasteiger charge is 2.12. The smallest absolute Gasteiger partial charge is 0.176 e. The van der Waals surface area contributed by atoms with E-state index in [1.807, 2.05) is 22.6 Å². The lowest BCUT2D eigenvalue weighted by molar-refractivity contribution is 0.601. The minimum absolute atomic E-state index is 0.191. The molecule has 0 fully saturated rings. The van der Waals surface area contributed by atoms with Crippen molar-refractivity contribution < 1.29 is 8.42 Å². The number of halogens is 2. The fourth-order valence-electron chi connectivity index (χ4n) is 0.680. The van der Waals surface area contributed by atoms with Crippen LogP contribution in [0.1, 0.15) is 0 Å². The number of rotatable bonds is 1. The molecule has 0 amide bonds. The zero-order valence-corrected chi connectivity index (χ0v) is 9.81. The van der Waals surface area contributed by atoms with E-state index in [1.54, 1.807) is 0 Å². The number of hydrogen-bond acceptors (Lipinski definition) is 3. The lowest BCUT2D eigenvalue weighted by Gasteiger charge is -2.00. The molecule has 0 radical (unpaired) electrons. The Labute approximate surface area is 89.2 Å². The molecular weight excluding hydrogens is 312 g/mol. The Kier molecular flexibility index (Phi) is 2.95. The van der Waals surface area contributed by atoms with Crippen molar-refractivity contribution in [2.75, 3.05) is 6.26 Å². The highest BCUT2D eigenvalue weighted by Crippen LogP contribution is 2.19. The van der Waals surface area contributed by atoms with Crippen molar-refractivity contribution in [1.29, 1.82) is 0 Å². The Hall–Kier alpha value is 0.120. The summed E-state index contributed by atoms with van der Waals surface area (Å²) in [6, 6.07) is 1.35. The molecule has 0 spiro atoms. The first-order chi connectivity index (χ1) is 5.41. The van der Waals surface area contributed by atoms with Crippen LogP contribution in [0.15, 0.2) is 17.2 Å². The van der Waals surface area contributed by atoms with E-state index in [9.17, 15) is 8.42 Å². The number of pyridine rings is 1. The summed E-state index contributed by atoms with van der Waals surface area (Å²) in [5, 5.41) is 0.191. The normalized spacial score (nSPS) is 11.6. The van der Waals surface area contributed by atoms with Gasteiger partial charge in [-0.15, -0.1) is 0 Å². The highest BCUT2D eigenvalue weighted by molar-refractivity contribution is 14.1. The van der Waals surface area contributed by atoms with E-state index >= 15 is 0 Å². The molecule has 12 heavy (non-hydrogen) atoms. The van der Waals surface area contributed by atoms with Crippen LogP contribution in [0.5, 0.6) is 0 Å². The predicted octanol–water partition coefficient (Wildman–Crippen LogP) is 1.74. The van der Waals surface area contributed by atoms with Gasteiger partial charge in [0.2, 0.25) is 0 Å². The van der Waals surface area contributed by atoms with Crippen molar-refractivity contribution in [3.63, 3.8) is 0 Å². The molecule has 0 atom stereocenters. The van der Waals surface area contributed by atoms with Gasteiger partial charge in [0, 0.05) is 12.5 Å². The van der Waals surface area contributed by atoms with Gasteiger partial charge in [-0.25, -0.2) is 13.4 Å². The fraction of sp³-hybridized carbons (Fsp3) is 0.167. The Bertz CT molecular complexity index is 404. The zero-order valence-electron chi connectivity index (χ0n) is 6.08. The van der Waals surface area contributed by atoms with Gasteiger partial charge in [-0.2, -0.15) is 0 Å². The number of nitrogens with zero attached hydrogens (tertiary/aromatic N) is 1. The van der Waals surface area contributed by atoms with Crippen LogP contribution in [-0.2, 0) is 9.84 Å². The molecule has 0 unspecified atom stereocenters. The van der Waals surface area contributed by atoms with Crippen LogP contribution in [0.25, 0.3) is 0 Å². The zero-order chi connectivity index (χ0) is 9.35. The van der Waals surface area contributed by atoms with Gasteiger partial charge in [-0.3, -0.25) is 0 Å². The maximum atomic E-state index is 11.1. The standard InChI is InChI=1S/C6H5ClINO2S/c1-12(10,11)5-2-6(7)9-3-4(5)8/h2-3H,1H3. The monoisotopic (exact) mass is 317 g/mol. The second kappa shape index (κ2) is 3.47. The summed E-state index contributed by atoms with van der Waals surface area (Å²) >= 11 is 7.45. The first-order valence-electron chi connectivity index (χ1n) is 2.92. The van der Waals surface area contributed by atoms with Gasteiger partial charge in [-0.05, 0) is 28.7 Å². The minimum atomic E-state index is -3.19. The molecule has 3 nitrogen and oxygen atoms in total. The molecular formula is C6H5ClINO2S. The lowest BCUT2D eigenvalue weighted by Crippen LogP contribution is -2.00. The van der Waals surface area contributed by atoms with Gasteiger partial charge in [0.15, 0.2) is 9.84 Å². The predicted molar refractivity (Wildman–Crippen MR) is 55.1 cm³/mol. The van der Waals surface area contributed by atoms with Gasteiger partial charge >= 0.3 is 0 Å². The maximum absolute atomic E-state index is 11.1. The molecule has 0 aliphatic rings. The third-order valence-corrected chi connectivity index (χ3v) is 3.76. The molecule has 0 saturated heterocycles. The van der Waals surface area contributed by atoms with Crippen LogP contribution >= 0.6 is 34.2 Å². The topological polar surface area (TPSA) is 47.0 Å². The molecule has 1 heterocycles. The lowest BCUT2D eigenvalue weighted by atomic mass is 10.5. The van der Waals surface area contributed by atoms with E-state index in [0.29, 0.717) is 3.57 Å². The third-order valence-electron chi connectivity index (χ3n) is 1.19. The summed E-state index contributed by atoms with van der Waals surface area (Å²) in [4.78, 5) is 3.97. The summed E-state index contributed by atoms with van der Waals surface area (Å²) in [6.45, 7) is 0. The Morgan fingerprint density at radius 2 is 2.17 bits per heavy atom. The Morgan fingerprint density at radius 1 is 1.58 bits per heavy atom. The number of sulfone groups is 1. The Morgan fingerprint density at radius 3 is 2.58 bits per heavy atom. The fourth-order valence-corrected chi connectivity index (χ4v) is 3.13. The van der Waals surface area contributed by atoms with Crippen LogP contribution in [0.3, 0.4) is 0 Å². The molecule has 0 aliphatic carbocycles. The number of hydrogen-bond donors (Lipinski definition) is 0. The SMILES string of the molecule is CS(=O)(=O)c1cc(Cl)ncc1I.